The van der Waals surface area contributed by atoms with Gasteiger partial charge in [0.15, 0.2) is 0 Å². The lowest BCUT2D eigenvalue weighted by Gasteiger charge is -2.31. The summed E-state index contributed by atoms with van der Waals surface area (Å²) in [4.78, 5) is 11.6. The third-order valence-electron chi connectivity index (χ3n) is 3.73. The van der Waals surface area contributed by atoms with E-state index in [9.17, 15) is 13.2 Å². The molecule has 0 saturated heterocycles. The number of carbonyl (C=O) groups is 1. The molecule has 0 bridgehead atoms. The van der Waals surface area contributed by atoms with Crippen molar-refractivity contribution in [2.75, 3.05) is 13.7 Å². The van der Waals surface area contributed by atoms with E-state index in [1.807, 2.05) is 13.8 Å². The van der Waals surface area contributed by atoms with Gasteiger partial charge in [0.1, 0.15) is 0 Å². The summed E-state index contributed by atoms with van der Waals surface area (Å²) in [6.45, 7) is 3.85. The molecule has 8 heteroatoms. The lowest BCUT2D eigenvalue weighted by Crippen LogP contribution is -2.52. The number of benzene rings is 1. The molecule has 0 amide bonds. The van der Waals surface area contributed by atoms with Crippen molar-refractivity contribution in [2.24, 2.45) is 5.73 Å². The second-order valence-electron chi connectivity index (χ2n) is 4.93. The van der Waals surface area contributed by atoms with E-state index in [1.165, 1.54) is 25.3 Å². The number of ether oxygens (including phenoxy) is 1. The van der Waals surface area contributed by atoms with Gasteiger partial charge in [-0.15, -0.1) is 0 Å². The summed E-state index contributed by atoms with van der Waals surface area (Å²) in [5.74, 6) is -0.769. The third-order valence-corrected chi connectivity index (χ3v) is 5.60. The number of rotatable bonds is 7. The van der Waals surface area contributed by atoms with Crippen LogP contribution in [0.4, 0.5) is 0 Å². The molecule has 0 aromatic heterocycles. The van der Waals surface area contributed by atoms with Gasteiger partial charge in [0.05, 0.1) is 17.6 Å². The molecule has 22 heavy (non-hydrogen) atoms. The SMILES string of the molecule is CCC(CC)(CN)NS(=O)(=O)c1ccc(Cl)cc1C(=O)OC. The normalized spacial score (nSPS) is 12.2. The zero-order chi connectivity index (χ0) is 17.0. The first-order valence-corrected chi connectivity index (χ1v) is 8.73. The van der Waals surface area contributed by atoms with Crippen LogP contribution in [0.25, 0.3) is 0 Å². The first-order valence-electron chi connectivity index (χ1n) is 6.87. The molecule has 0 atom stereocenters. The standard InChI is InChI=1S/C14H21ClN2O4S/c1-4-14(5-2,9-16)17-22(19,20)12-7-6-10(15)8-11(12)13(18)21-3/h6-8,17H,4-5,9,16H2,1-3H3. The fourth-order valence-corrected chi connectivity index (χ4v) is 3.97. The molecule has 0 heterocycles. The summed E-state index contributed by atoms with van der Waals surface area (Å²) >= 11 is 5.84. The second kappa shape index (κ2) is 7.41. The van der Waals surface area contributed by atoms with Crippen LogP contribution in [0.15, 0.2) is 23.1 Å². The molecule has 1 rings (SSSR count). The van der Waals surface area contributed by atoms with E-state index in [-0.39, 0.29) is 22.0 Å². The van der Waals surface area contributed by atoms with Crippen LogP contribution in [0.3, 0.4) is 0 Å². The summed E-state index contributed by atoms with van der Waals surface area (Å²) in [5, 5.41) is 0.246. The third kappa shape index (κ3) is 3.98. The Labute approximate surface area is 136 Å². The molecule has 1 aromatic rings. The molecule has 124 valence electrons. The van der Waals surface area contributed by atoms with Crippen LogP contribution in [0.2, 0.25) is 5.02 Å². The molecule has 1 aromatic carbocycles. The van der Waals surface area contributed by atoms with Crippen LogP contribution in [-0.2, 0) is 14.8 Å². The van der Waals surface area contributed by atoms with Crippen molar-refractivity contribution in [1.29, 1.82) is 0 Å². The predicted octanol–water partition coefficient (Wildman–Crippen LogP) is 1.92. The molecule has 0 aliphatic rings. The number of hydrogen-bond donors (Lipinski definition) is 2. The highest BCUT2D eigenvalue weighted by Gasteiger charge is 2.33. The number of halogens is 1. The summed E-state index contributed by atoms with van der Waals surface area (Å²) in [6, 6.07) is 3.96. The molecule has 0 radical (unpaired) electrons. The van der Waals surface area contributed by atoms with Gasteiger partial charge in [-0.05, 0) is 31.0 Å². The fraction of sp³-hybridized carbons (Fsp3) is 0.500. The van der Waals surface area contributed by atoms with Gasteiger partial charge in [-0.3, -0.25) is 0 Å². The highest BCUT2D eigenvalue weighted by molar-refractivity contribution is 7.89. The fourth-order valence-electron chi connectivity index (χ4n) is 2.07. The minimum atomic E-state index is -3.95. The zero-order valence-electron chi connectivity index (χ0n) is 12.8. The van der Waals surface area contributed by atoms with Crippen molar-refractivity contribution in [3.8, 4) is 0 Å². The van der Waals surface area contributed by atoms with Crippen molar-refractivity contribution in [3.05, 3.63) is 28.8 Å². The Balaban J connectivity index is 3.37. The molecule has 6 nitrogen and oxygen atoms in total. The number of methoxy groups -OCH3 is 1. The Morgan fingerprint density at radius 2 is 1.95 bits per heavy atom. The number of carbonyl (C=O) groups excluding carboxylic acids is 1. The van der Waals surface area contributed by atoms with E-state index in [4.69, 9.17) is 17.3 Å². The Kier molecular flexibility index (Phi) is 6.37. The summed E-state index contributed by atoms with van der Waals surface area (Å²) in [7, 11) is -2.77. The quantitative estimate of drug-likeness (QED) is 0.733. The molecule has 3 N–H and O–H groups in total. The van der Waals surface area contributed by atoms with Gasteiger partial charge in [0, 0.05) is 17.1 Å². The highest BCUT2D eigenvalue weighted by Crippen LogP contribution is 2.24. The second-order valence-corrected chi connectivity index (χ2v) is 7.02. The number of nitrogens with one attached hydrogen (secondary N) is 1. The summed E-state index contributed by atoms with van der Waals surface area (Å²) < 4.78 is 32.5. The van der Waals surface area contributed by atoms with Gasteiger partial charge in [-0.2, -0.15) is 0 Å². The molecule has 0 fully saturated rings. The van der Waals surface area contributed by atoms with Crippen molar-refractivity contribution >= 4 is 27.6 Å². The van der Waals surface area contributed by atoms with Crippen molar-refractivity contribution in [3.63, 3.8) is 0 Å². The molecule has 0 saturated carbocycles. The van der Waals surface area contributed by atoms with Gasteiger partial charge in [-0.1, -0.05) is 25.4 Å². The van der Waals surface area contributed by atoms with E-state index in [1.54, 1.807) is 0 Å². The first kappa shape index (κ1) is 18.9. The van der Waals surface area contributed by atoms with Crippen LogP contribution in [0.5, 0.6) is 0 Å². The first-order chi connectivity index (χ1) is 10.2. The predicted molar refractivity (Wildman–Crippen MR) is 85.5 cm³/mol. The van der Waals surface area contributed by atoms with Crippen LogP contribution in [-0.4, -0.2) is 33.6 Å². The van der Waals surface area contributed by atoms with E-state index in [2.05, 4.69) is 9.46 Å². The van der Waals surface area contributed by atoms with Crippen molar-refractivity contribution < 1.29 is 17.9 Å². The van der Waals surface area contributed by atoms with Crippen LogP contribution in [0, 0.1) is 0 Å². The van der Waals surface area contributed by atoms with E-state index in [0.717, 1.165) is 0 Å². The number of sulfonamides is 1. The maximum Gasteiger partial charge on any atom is 0.339 e. The zero-order valence-corrected chi connectivity index (χ0v) is 14.4. The van der Waals surface area contributed by atoms with E-state index in [0.29, 0.717) is 12.8 Å². The van der Waals surface area contributed by atoms with Crippen LogP contribution >= 0.6 is 11.6 Å². The Hall–Kier alpha value is -1.15. The van der Waals surface area contributed by atoms with Gasteiger partial charge in [0.25, 0.3) is 0 Å². The van der Waals surface area contributed by atoms with Gasteiger partial charge >= 0.3 is 5.97 Å². The molecular formula is C14H21ClN2O4S. The van der Waals surface area contributed by atoms with Crippen molar-refractivity contribution in [2.45, 2.75) is 37.1 Å². The lowest BCUT2D eigenvalue weighted by atomic mass is 9.95. The van der Waals surface area contributed by atoms with Gasteiger partial charge in [0.2, 0.25) is 10.0 Å². The van der Waals surface area contributed by atoms with Crippen LogP contribution in [0.1, 0.15) is 37.0 Å². The van der Waals surface area contributed by atoms with Gasteiger partial charge < -0.3 is 10.5 Å². The minimum Gasteiger partial charge on any atom is -0.465 e. The average molecular weight is 349 g/mol. The van der Waals surface area contributed by atoms with Gasteiger partial charge in [-0.25, -0.2) is 17.9 Å². The Bertz CT molecular complexity index is 634. The van der Waals surface area contributed by atoms with E-state index < -0.39 is 21.5 Å². The maximum atomic E-state index is 12.7. The number of esters is 1. The maximum absolute atomic E-state index is 12.7. The van der Waals surface area contributed by atoms with Crippen molar-refractivity contribution in [1.82, 2.24) is 4.72 Å². The highest BCUT2D eigenvalue weighted by atomic mass is 35.5. The molecule has 0 aliphatic carbocycles. The molecular weight excluding hydrogens is 328 g/mol. The average Bonchev–Trinajstić information content (AvgIpc) is 2.51. The molecule has 0 aliphatic heterocycles. The monoisotopic (exact) mass is 348 g/mol. The molecule has 0 unspecified atom stereocenters. The smallest absolute Gasteiger partial charge is 0.339 e. The lowest BCUT2D eigenvalue weighted by molar-refractivity contribution is 0.0596. The number of hydrogen-bond acceptors (Lipinski definition) is 5. The summed E-state index contributed by atoms with van der Waals surface area (Å²) in [6.07, 6.45) is 1.06. The minimum absolute atomic E-state index is 0.111. The topological polar surface area (TPSA) is 98.5 Å². The summed E-state index contributed by atoms with van der Waals surface area (Å²) in [5.41, 5.74) is 4.85. The Morgan fingerprint density at radius 1 is 1.36 bits per heavy atom. The number of nitrogens with two attached hydrogens (primary N) is 1. The van der Waals surface area contributed by atoms with E-state index >= 15 is 0 Å². The largest absolute Gasteiger partial charge is 0.465 e. The van der Waals surface area contributed by atoms with Crippen LogP contribution < -0.4 is 10.5 Å². The molecule has 0 spiro atoms. The Morgan fingerprint density at radius 3 is 2.41 bits per heavy atom.